The number of carbonyl (C=O) groups excluding carboxylic acids is 1. The summed E-state index contributed by atoms with van der Waals surface area (Å²) in [5.74, 6) is 0.950. The summed E-state index contributed by atoms with van der Waals surface area (Å²) in [5.41, 5.74) is 1.05. The molecule has 0 aliphatic carbocycles. The molecule has 1 amide bonds. The summed E-state index contributed by atoms with van der Waals surface area (Å²) in [6.07, 6.45) is 6.69. The van der Waals surface area contributed by atoms with Crippen LogP contribution in [0.15, 0.2) is 36.8 Å². The van der Waals surface area contributed by atoms with E-state index in [1.165, 1.54) is 0 Å². The third-order valence-corrected chi connectivity index (χ3v) is 3.11. The Balaban J connectivity index is 1.72. The minimum atomic E-state index is 0.0605. The van der Waals surface area contributed by atoms with E-state index in [4.69, 9.17) is 0 Å². The van der Waals surface area contributed by atoms with Gasteiger partial charge in [0, 0.05) is 52.2 Å². The van der Waals surface area contributed by atoms with E-state index in [0.717, 1.165) is 24.3 Å². The molecular weight excluding hydrogens is 266 g/mol. The first-order valence-electron chi connectivity index (χ1n) is 7.01. The van der Waals surface area contributed by atoms with E-state index in [2.05, 4.69) is 15.4 Å². The quantitative estimate of drug-likeness (QED) is 0.837. The molecule has 0 atom stereocenters. The number of hydrogen-bond donors (Lipinski definition) is 1. The smallest absolute Gasteiger partial charge is 0.220 e. The van der Waals surface area contributed by atoms with Crippen molar-refractivity contribution in [3.8, 4) is 0 Å². The molecule has 0 radical (unpaired) electrons. The van der Waals surface area contributed by atoms with Crippen molar-refractivity contribution in [2.75, 3.05) is 19.0 Å². The first-order valence-corrected chi connectivity index (χ1v) is 7.01. The Labute approximate surface area is 124 Å². The summed E-state index contributed by atoms with van der Waals surface area (Å²) in [4.78, 5) is 18.0. The van der Waals surface area contributed by atoms with E-state index in [1.807, 2.05) is 48.1 Å². The average molecular weight is 287 g/mol. The molecule has 1 N–H and O–H groups in total. The van der Waals surface area contributed by atoms with Gasteiger partial charge in [0.2, 0.25) is 5.91 Å². The number of amides is 1. The second-order valence-corrected chi connectivity index (χ2v) is 5.07. The highest BCUT2D eigenvalue weighted by molar-refractivity contribution is 5.75. The van der Waals surface area contributed by atoms with Crippen molar-refractivity contribution in [3.63, 3.8) is 0 Å². The highest BCUT2D eigenvalue weighted by atomic mass is 16.1. The Morgan fingerprint density at radius 2 is 2.24 bits per heavy atom. The van der Waals surface area contributed by atoms with Crippen LogP contribution >= 0.6 is 0 Å². The topological polar surface area (TPSA) is 63.1 Å². The van der Waals surface area contributed by atoms with Gasteiger partial charge in [0.25, 0.3) is 0 Å². The molecule has 6 nitrogen and oxygen atoms in total. The van der Waals surface area contributed by atoms with Crippen molar-refractivity contribution in [3.05, 3.63) is 42.4 Å². The van der Waals surface area contributed by atoms with Crippen LogP contribution in [-0.4, -0.2) is 34.8 Å². The standard InChI is InChI=1S/C15H21N5O/c1-19(2)14-11-13(6-8-16-14)12-17-15(21)5-3-9-20-10-4-7-18-20/h4,6-8,10-11H,3,5,9,12H2,1-2H3,(H,17,21). The molecule has 2 rings (SSSR count). The highest BCUT2D eigenvalue weighted by Crippen LogP contribution is 2.09. The number of pyridine rings is 1. The molecule has 0 aliphatic heterocycles. The van der Waals surface area contributed by atoms with Gasteiger partial charge in [-0.15, -0.1) is 0 Å². The van der Waals surface area contributed by atoms with Crippen LogP contribution in [-0.2, 0) is 17.9 Å². The molecule has 2 aromatic rings. The average Bonchev–Trinajstić information content (AvgIpc) is 2.99. The Bertz CT molecular complexity index is 565. The first-order chi connectivity index (χ1) is 10.1. The van der Waals surface area contributed by atoms with E-state index in [-0.39, 0.29) is 5.91 Å². The van der Waals surface area contributed by atoms with Crippen LogP contribution in [0.1, 0.15) is 18.4 Å². The number of rotatable bonds is 7. The summed E-state index contributed by atoms with van der Waals surface area (Å²) < 4.78 is 1.83. The number of nitrogens with one attached hydrogen (secondary N) is 1. The van der Waals surface area contributed by atoms with E-state index in [9.17, 15) is 4.79 Å². The molecule has 0 bridgehead atoms. The Morgan fingerprint density at radius 3 is 2.95 bits per heavy atom. The molecule has 0 aliphatic rings. The van der Waals surface area contributed by atoms with Crippen LogP contribution in [0, 0.1) is 0 Å². The van der Waals surface area contributed by atoms with Crippen molar-refractivity contribution in [2.45, 2.75) is 25.9 Å². The van der Waals surface area contributed by atoms with Gasteiger partial charge >= 0.3 is 0 Å². The Morgan fingerprint density at radius 1 is 1.38 bits per heavy atom. The summed E-state index contributed by atoms with van der Waals surface area (Å²) >= 11 is 0. The lowest BCUT2D eigenvalue weighted by atomic mass is 10.2. The molecule has 0 spiro atoms. The van der Waals surface area contributed by atoms with Gasteiger partial charge in [-0.2, -0.15) is 5.10 Å². The zero-order valence-electron chi connectivity index (χ0n) is 12.5. The molecule has 112 valence electrons. The van der Waals surface area contributed by atoms with Crippen LogP contribution in [0.5, 0.6) is 0 Å². The molecule has 0 saturated carbocycles. The molecule has 0 aromatic carbocycles. The lowest BCUT2D eigenvalue weighted by Crippen LogP contribution is -2.23. The van der Waals surface area contributed by atoms with E-state index in [1.54, 1.807) is 12.4 Å². The van der Waals surface area contributed by atoms with Gasteiger partial charge in [-0.1, -0.05) is 0 Å². The van der Waals surface area contributed by atoms with Crippen molar-refractivity contribution < 1.29 is 4.79 Å². The molecule has 21 heavy (non-hydrogen) atoms. The van der Waals surface area contributed by atoms with E-state index < -0.39 is 0 Å². The van der Waals surface area contributed by atoms with Crippen LogP contribution in [0.4, 0.5) is 5.82 Å². The summed E-state index contributed by atoms with van der Waals surface area (Å²) in [5, 5.41) is 7.04. The predicted octanol–water partition coefficient (Wildman–Crippen LogP) is 1.44. The summed E-state index contributed by atoms with van der Waals surface area (Å²) in [6, 6.07) is 5.77. The van der Waals surface area contributed by atoms with E-state index >= 15 is 0 Å². The minimum Gasteiger partial charge on any atom is -0.363 e. The van der Waals surface area contributed by atoms with Crippen molar-refractivity contribution in [1.82, 2.24) is 20.1 Å². The maximum Gasteiger partial charge on any atom is 0.220 e. The fourth-order valence-electron chi connectivity index (χ4n) is 1.94. The third-order valence-electron chi connectivity index (χ3n) is 3.11. The van der Waals surface area contributed by atoms with Gasteiger partial charge in [0.15, 0.2) is 0 Å². The summed E-state index contributed by atoms with van der Waals surface area (Å²) in [6.45, 7) is 1.30. The SMILES string of the molecule is CN(C)c1cc(CNC(=O)CCCn2cccn2)ccn1. The number of hydrogen-bond acceptors (Lipinski definition) is 4. The summed E-state index contributed by atoms with van der Waals surface area (Å²) in [7, 11) is 3.89. The van der Waals surface area contributed by atoms with Crippen LogP contribution in [0.3, 0.4) is 0 Å². The highest BCUT2D eigenvalue weighted by Gasteiger charge is 2.03. The number of anilines is 1. The number of carbonyl (C=O) groups is 1. The maximum atomic E-state index is 11.8. The third kappa shape index (κ3) is 4.91. The van der Waals surface area contributed by atoms with Gasteiger partial charge in [-0.3, -0.25) is 9.48 Å². The molecule has 2 heterocycles. The number of nitrogens with zero attached hydrogens (tertiary/aromatic N) is 4. The van der Waals surface area contributed by atoms with Crippen molar-refractivity contribution in [2.24, 2.45) is 0 Å². The second-order valence-electron chi connectivity index (χ2n) is 5.07. The predicted molar refractivity (Wildman–Crippen MR) is 81.9 cm³/mol. The Hall–Kier alpha value is -2.37. The molecule has 0 saturated heterocycles. The molecule has 0 fully saturated rings. The van der Waals surface area contributed by atoms with Gasteiger partial charge in [0.05, 0.1) is 0 Å². The van der Waals surface area contributed by atoms with Crippen LogP contribution < -0.4 is 10.2 Å². The zero-order chi connectivity index (χ0) is 15.1. The van der Waals surface area contributed by atoms with Gasteiger partial charge in [-0.05, 0) is 30.2 Å². The largest absolute Gasteiger partial charge is 0.363 e. The first kappa shape index (κ1) is 15.0. The monoisotopic (exact) mass is 287 g/mol. The fraction of sp³-hybridized carbons (Fsp3) is 0.400. The normalized spacial score (nSPS) is 10.4. The maximum absolute atomic E-state index is 11.8. The lowest BCUT2D eigenvalue weighted by Gasteiger charge is -2.12. The molecule has 0 unspecified atom stereocenters. The molecular formula is C15H21N5O. The van der Waals surface area contributed by atoms with Crippen LogP contribution in [0.25, 0.3) is 0 Å². The Kier molecular flexibility index (Phi) is 5.31. The minimum absolute atomic E-state index is 0.0605. The van der Waals surface area contributed by atoms with Crippen molar-refractivity contribution in [1.29, 1.82) is 0 Å². The zero-order valence-corrected chi connectivity index (χ0v) is 12.5. The number of aromatic nitrogens is 3. The van der Waals surface area contributed by atoms with Gasteiger partial charge in [-0.25, -0.2) is 4.98 Å². The second kappa shape index (κ2) is 7.42. The molecule has 6 heteroatoms. The van der Waals surface area contributed by atoms with Gasteiger partial charge in [0.1, 0.15) is 5.82 Å². The molecule has 2 aromatic heterocycles. The lowest BCUT2D eigenvalue weighted by molar-refractivity contribution is -0.121. The van der Waals surface area contributed by atoms with E-state index in [0.29, 0.717) is 13.0 Å². The fourth-order valence-corrected chi connectivity index (χ4v) is 1.94. The van der Waals surface area contributed by atoms with Gasteiger partial charge < -0.3 is 10.2 Å². The number of aryl methyl sites for hydroxylation is 1. The van der Waals surface area contributed by atoms with Crippen molar-refractivity contribution >= 4 is 11.7 Å². The van der Waals surface area contributed by atoms with Crippen LogP contribution in [0.2, 0.25) is 0 Å².